The van der Waals surface area contributed by atoms with E-state index in [0.717, 1.165) is 6.42 Å². The highest BCUT2D eigenvalue weighted by Gasteiger charge is 2.32. The zero-order valence-corrected chi connectivity index (χ0v) is 21.1. The van der Waals surface area contributed by atoms with Gasteiger partial charge in [-0.3, -0.25) is 9.69 Å². The molecule has 1 aliphatic heterocycles. The summed E-state index contributed by atoms with van der Waals surface area (Å²) in [6.07, 6.45) is -4.78. The number of likely N-dealkylation sites (N-methyl/N-ethyl adjacent to an activating group) is 1. The SMILES string of the molecule is CCCNC(=O)Nc1ccc2c(c1)C(=O)N(C)C[C@@H](OC)[C@@H](C)CN(CCC(F)(F)F)[C@H](C)CO2. The summed E-state index contributed by atoms with van der Waals surface area (Å²) in [6.45, 7) is 6.70. The second kappa shape index (κ2) is 13.0. The first-order valence-electron chi connectivity index (χ1n) is 11.9. The molecule has 35 heavy (non-hydrogen) atoms. The molecule has 0 unspecified atom stereocenters. The van der Waals surface area contributed by atoms with Crippen molar-refractivity contribution in [3.05, 3.63) is 23.8 Å². The molecule has 0 spiro atoms. The van der Waals surface area contributed by atoms with E-state index in [2.05, 4.69) is 10.6 Å². The fraction of sp³-hybridized carbons (Fsp3) is 0.667. The number of fused-ring (bicyclic) bond motifs is 1. The topological polar surface area (TPSA) is 83.1 Å². The Morgan fingerprint density at radius 3 is 2.60 bits per heavy atom. The summed E-state index contributed by atoms with van der Waals surface area (Å²) in [7, 11) is 3.16. The van der Waals surface area contributed by atoms with Gasteiger partial charge in [0.2, 0.25) is 0 Å². The maximum atomic E-state index is 13.3. The Morgan fingerprint density at radius 2 is 1.97 bits per heavy atom. The predicted molar refractivity (Wildman–Crippen MR) is 128 cm³/mol. The van der Waals surface area contributed by atoms with E-state index in [1.165, 1.54) is 12.0 Å². The van der Waals surface area contributed by atoms with Crippen LogP contribution in [0.3, 0.4) is 0 Å². The largest absolute Gasteiger partial charge is 0.491 e. The van der Waals surface area contributed by atoms with Crippen molar-refractivity contribution >= 4 is 17.6 Å². The molecule has 0 radical (unpaired) electrons. The summed E-state index contributed by atoms with van der Waals surface area (Å²) in [6, 6.07) is 4.03. The minimum atomic E-state index is -4.26. The molecule has 198 valence electrons. The van der Waals surface area contributed by atoms with Crippen LogP contribution in [0.1, 0.15) is 44.0 Å². The number of anilines is 1. The van der Waals surface area contributed by atoms with Gasteiger partial charge in [-0.1, -0.05) is 13.8 Å². The van der Waals surface area contributed by atoms with E-state index < -0.39 is 12.6 Å². The first kappa shape index (κ1) is 28.7. The Bertz CT molecular complexity index is 853. The number of hydrogen-bond acceptors (Lipinski definition) is 5. The highest BCUT2D eigenvalue weighted by atomic mass is 19.4. The fourth-order valence-electron chi connectivity index (χ4n) is 3.93. The van der Waals surface area contributed by atoms with E-state index >= 15 is 0 Å². The van der Waals surface area contributed by atoms with E-state index in [0.29, 0.717) is 24.5 Å². The molecular weight excluding hydrogens is 465 g/mol. The van der Waals surface area contributed by atoms with Gasteiger partial charge in [-0.2, -0.15) is 13.2 Å². The predicted octanol–water partition coefficient (Wildman–Crippen LogP) is 3.98. The van der Waals surface area contributed by atoms with Crippen molar-refractivity contribution in [1.82, 2.24) is 15.1 Å². The Labute approximate surface area is 205 Å². The molecule has 3 amide bonds. The van der Waals surface area contributed by atoms with Crippen LogP contribution in [0.2, 0.25) is 0 Å². The zero-order valence-electron chi connectivity index (χ0n) is 21.1. The second-order valence-electron chi connectivity index (χ2n) is 9.05. The van der Waals surface area contributed by atoms with Crippen LogP contribution in [0.25, 0.3) is 0 Å². The molecule has 3 atom stereocenters. The number of halogens is 3. The summed E-state index contributed by atoms with van der Waals surface area (Å²) in [5, 5.41) is 5.42. The Balaban J connectivity index is 2.35. The summed E-state index contributed by atoms with van der Waals surface area (Å²) in [4.78, 5) is 28.6. The van der Waals surface area contributed by atoms with E-state index in [4.69, 9.17) is 9.47 Å². The number of benzene rings is 1. The fourth-order valence-corrected chi connectivity index (χ4v) is 3.93. The van der Waals surface area contributed by atoms with Crippen molar-refractivity contribution in [2.75, 3.05) is 52.3 Å². The Kier molecular flexibility index (Phi) is 10.6. The van der Waals surface area contributed by atoms with Crippen LogP contribution in [0.5, 0.6) is 5.75 Å². The third-order valence-corrected chi connectivity index (χ3v) is 6.05. The van der Waals surface area contributed by atoms with Crippen LogP contribution in [0.4, 0.5) is 23.7 Å². The lowest BCUT2D eigenvalue weighted by atomic mass is 10.0. The molecule has 0 fully saturated rings. The number of alkyl halides is 3. The number of carbonyl (C=O) groups is 2. The second-order valence-corrected chi connectivity index (χ2v) is 9.05. The quantitative estimate of drug-likeness (QED) is 0.615. The van der Waals surface area contributed by atoms with Gasteiger partial charge in [-0.15, -0.1) is 0 Å². The van der Waals surface area contributed by atoms with Gasteiger partial charge < -0.3 is 25.0 Å². The summed E-state index contributed by atoms with van der Waals surface area (Å²) in [5.41, 5.74) is 0.671. The van der Waals surface area contributed by atoms with E-state index in [-0.39, 0.29) is 55.3 Å². The lowest BCUT2D eigenvalue weighted by molar-refractivity contribution is -0.140. The van der Waals surface area contributed by atoms with Crippen LogP contribution in [-0.4, -0.2) is 87.0 Å². The van der Waals surface area contributed by atoms with Crippen molar-refractivity contribution in [3.63, 3.8) is 0 Å². The van der Waals surface area contributed by atoms with Gasteiger partial charge in [-0.05, 0) is 37.5 Å². The van der Waals surface area contributed by atoms with Crippen LogP contribution in [0, 0.1) is 5.92 Å². The number of nitrogens with zero attached hydrogens (tertiary/aromatic N) is 2. The van der Waals surface area contributed by atoms with E-state index in [9.17, 15) is 22.8 Å². The van der Waals surface area contributed by atoms with Gasteiger partial charge in [0.25, 0.3) is 5.91 Å². The molecule has 2 N–H and O–H groups in total. The first-order chi connectivity index (χ1) is 16.4. The molecule has 0 saturated carbocycles. The molecule has 0 aromatic heterocycles. The molecule has 11 heteroatoms. The molecule has 0 saturated heterocycles. The minimum Gasteiger partial charge on any atom is -0.491 e. The van der Waals surface area contributed by atoms with E-state index in [1.54, 1.807) is 37.1 Å². The van der Waals surface area contributed by atoms with Crippen LogP contribution < -0.4 is 15.4 Å². The first-order valence-corrected chi connectivity index (χ1v) is 11.9. The maximum absolute atomic E-state index is 13.3. The number of rotatable bonds is 6. The van der Waals surface area contributed by atoms with Crippen LogP contribution in [-0.2, 0) is 4.74 Å². The highest BCUT2D eigenvalue weighted by molar-refractivity contribution is 5.99. The minimum absolute atomic E-state index is 0.0932. The maximum Gasteiger partial charge on any atom is 0.390 e. The van der Waals surface area contributed by atoms with Gasteiger partial charge in [-0.25, -0.2) is 4.79 Å². The van der Waals surface area contributed by atoms with Crippen LogP contribution >= 0.6 is 0 Å². The standard InChI is InChI=1S/C24H37F3N4O4/c1-6-10-28-23(33)29-18-7-8-20-19(12-18)22(32)30(4)14-21(34-5)16(2)13-31(17(3)15-35-20)11-9-24(25,26)27/h7-8,12,16-17,21H,6,9-11,13-15H2,1-5H3,(H2,28,29,33)/t16-,17+,21+/m0/s1. The van der Waals surface area contributed by atoms with Gasteiger partial charge in [0.05, 0.1) is 18.1 Å². The van der Waals surface area contributed by atoms with E-state index in [1.807, 2.05) is 13.8 Å². The monoisotopic (exact) mass is 502 g/mol. The average Bonchev–Trinajstić information content (AvgIpc) is 2.80. The molecule has 1 aromatic carbocycles. The number of nitrogens with one attached hydrogen (secondary N) is 2. The molecule has 1 aliphatic rings. The Hall–Kier alpha value is -2.53. The van der Waals surface area contributed by atoms with Gasteiger partial charge in [0.15, 0.2) is 0 Å². The van der Waals surface area contributed by atoms with Gasteiger partial charge in [0.1, 0.15) is 12.4 Å². The Morgan fingerprint density at radius 1 is 1.26 bits per heavy atom. The van der Waals surface area contributed by atoms with Crippen molar-refractivity contribution in [1.29, 1.82) is 0 Å². The molecule has 1 heterocycles. The molecule has 8 nitrogen and oxygen atoms in total. The summed E-state index contributed by atoms with van der Waals surface area (Å²) in [5.74, 6) is -0.152. The van der Waals surface area contributed by atoms with Crippen molar-refractivity contribution < 1.29 is 32.2 Å². The summed E-state index contributed by atoms with van der Waals surface area (Å²) < 4.78 is 50.4. The number of amides is 3. The van der Waals surface area contributed by atoms with Crippen molar-refractivity contribution in [3.8, 4) is 5.75 Å². The van der Waals surface area contributed by atoms with Gasteiger partial charge >= 0.3 is 12.2 Å². The molecule has 0 bridgehead atoms. The molecule has 0 aliphatic carbocycles. The third-order valence-electron chi connectivity index (χ3n) is 6.05. The number of ether oxygens (including phenoxy) is 2. The number of carbonyl (C=O) groups excluding carboxylic acids is 2. The average molecular weight is 503 g/mol. The molecule has 2 rings (SSSR count). The van der Waals surface area contributed by atoms with Gasteiger partial charge in [0, 0.05) is 52.1 Å². The molecular formula is C24H37F3N4O4. The number of methoxy groups -OCH3 is 1. The lowest BCUT2D eigenvalue weighted by Crippen LogP contribution is -2.47. The van der Waals surface area contributed by atoms with Crippen LogP contribution in [0.15, 0.2) is 18.2 Å². The normalized spacial score (nSPS) is 22.5. The third kappa shape index (κ3) is 8.88. The summed E-state index contributed by atoms with van der Waals surface area (Å²) >= 11 is 0. The number of urea groups is 1. The number of hydrogen-bond donors (Lipinski definition) is 2. The van der Waals surface area contributed by atoms with Crippen molar-refractivity contribution in [2.45, 2.75) is 51.9 Å². The highest BCUT2D eigenvalue weighted by Crippen LogP contribution is 2.27. The lowest BCUT2D eigenvalue weighted by Gasteiger charge is -2.36. The zero-order chi connectivity index (χ0) is 26.2. The molecule has 1 aromatic rings. The van der Waals surface area contributed by atoms with Crippen molar-refractivity contribution in [2.24, 2.45) is 5.92 Å². The smallest absolute Gasteiger partial charge is 0.390 e.